The average Bonchev–Trinajstić information content (AvgIpc) is 2.69. The van der Waals surface area contributed by atoms with Crippen LogP contribution in [0.3, 0.4) is 0 Å². The number of hydrogen-bond acceptors (Lipinski definition) is 5. The molecule has 0 unspecified atom stereocenters. The number of benzene rings is 3. The molecule has 0 spiro atoms. The number of aliphatic hydroxyl groups is 1. The summed E-state index contributed by atoms with van der Waals surface area (Å²) in [4.78, 5) is 0.224. The van der Waals surface area contributed by atoms with Crippen LogP contribution in [0.2, 0.25) is 0 Å². The zero-order valence-electron chi connectivity index (χ0n) is 16.7. The van der Waals surface area contributed by atoms with Crippen molar-refractivity contribution >= 4 is 25.5 Å². The Hall–Kier alpha value is -2.68. The number of nitrogens with one attached hydrogen (secondary N) is 1. The second kappa shape index (κ2) is 8.59. The van der Waals surface area contributed by atoms with E-state index in [1.165, 1.54) is 36.4 Å². The van der Waals surface area contributed by atoms with Gasteiger partial charge in [-0.05, 0) is 55.3 Å². The number of rotatable bonds is 7. The lowest BCUT2D eigenvalue weighted by molar-refractivity contribution is 0.282. The van der Waals surface area contributed by atoms with E-state index in [4.69, 9.17) is 0 Å². The Morgan fingerprint density at radius 1 is 0.767 bits per heavy atom. The molecule has 0 saturated carbocycles. The molecule has 0 bridgehead atoms. The lowest BCUT2D eigenvalue weighted by Crippen LogP contribution is -2.16. The van der Waals surface area contributed by atoms with Crippen molar-refractivity contribution in [3.8, 4) is 0 Å². The summed E-state index contributed by atoms with van der Waals surface area (Å²) >= 11 is 0. The van der Waals surface area contributed by atoms with Gasteiger partial charge in [0.15, 0.2) is 9.84 Å². The molecule has 3 aromatic carbocycles. The number of sulfone groups is 1. The normalized spacial score (nSPS) is 12.0. The quantitative estimate of drug-likeness (QED) is 0.579. The summed E-state index contributed by atoms with van der Waals surface area (Å²) in [5.41, 5.74) is 2.76. The molecule has 0 atom stereocenters. The van der Waals surface area contributed by atoms with Gasteiger partial charge in [0.2, 0.25) is 0 Å². The summed E-state index contributed by atoms with van der Waals surface area (Å²) in [6.07, 6.45) is 0. The molecule has 6 nitrogen and oxygen atoms in total. The van der Waals surface area contributed by atoms with Crippen molar-refractivity contribution in [1.82, 2.24) is 0 Å². The predicted octanol–water partition coefficient (Wildman–Crippen LogP) is 3.57. The van der Waals surface area contributed by atoms with Crippen LogP contribution in [-0.4, -0.2) is 21.9 Å². The minimum absolute atomic E-state index is 0.0756. The van der Waals surface area contributed by atoms with E-state index in [0.29, 0.717) is 5.56 Å². The maximum Gasteiger partial charge on any atom is 0.261 e. The van der Waals surface area contributed by atoms with Crippen LogP contribution in [0.5, 0.6) is 0 Å². The molecular weight excluding hydrogens is 422 g/mol. The van der Waals surface area contributed by atoms with Gasteiger partial charge in [-0.2, -0.15) is 0 Å². The van der Waals surface area contributed by atoms with Crippen LogP contribution in [-0.2, 0) is 32.2 Å². The van der Waals surface area contributed by atoms with Gasteiger partial charge in [-0.1, -0.05) is 47.5 Å². The van der Waals surface area contributed by atoms with Crippen LogP contribution in [0.1, 0.15) is 22.3 Å². The van der Waals surface area contributed by atoms with Gasteiger partial charge in [0.05, 0.1) is 27.8 Å². The smallest absolute Gasteiger partial charge is 0.261 e. The highest BCUT2D eigenvalue weighted by Gasteiger charge is 2.21. The van der Waals surface area contributed by atoms with E-state index in [9.17, 15) is 21.9 Å². The first-order chi connectivity index (χ1) is 14.1. The third-order valence-electron chi connectivity index (χ3n) is 4.65. The van der Waals surface area contributed by atoms with Crippen molar-refractivity contribution in [1.29, 1.82) is 0 Å². The molecule has 0 aliphatic heterocycles. The van der Waals surface area contributed by atoms with Gasteiger partial charge in [0, 0.05) is 0 Å². The van der Waals surface area contributed by atoms with Gasteiger partial charge in [-0.3, -0.25) is 4.72 Å². The van der Waals surface area contributed by atoms with Gasteiger partial charge in [0.25, 0.3) is 10.0 Å². The molecular formula is C22H23NO5S2. The molecule has 0 heterocycles. The van der Waals surface area contributed by atoms with Gasteiger partial charge in [0.1, 0.15) is 0 Å². The standard InChI is InChI=1S/C22H23NO5S2/c1-16-3-8-20(9-4-16)29(25,26)15-19-13-18(14-24)7-12-22(19)23-30(27,28)21-10-5-17(2)6-11-21/h3-13,23-24H,14-15H2,1-2H3. The summed E-state index contributed by atoms with van der Waals surface area (Å²) < 4.78 is 53.8. The summed E-state index contributed by atoms with van der Waals surface area (Å²) in [5.74, 6) is -0.407. The van der Waals surface area contributed by atoms with E-state index in [1.807, 2.05) is 13.8 Å². The molecule has 3 rings (SSSR count). The van der Waals surface area contributed by atoms with Crippen LogP contribution >= 0.6 is 0 Å². The van der Waals surface area contributed by atoms with E-state index in [1.54, 1.807) is 30.3 Å². The lowest BCUT2D eigenvalue weighted by Gasteiger charge is -2.15. The SMILES string of the molecule is Cc1ccc(S(=O)(=O)Cc2cc(CO)ccc2NS(=O)(=O)c2ccc(C)cc2)cc1. The molecule has 30 heavy (non-hydrogen) atoms. The predicted molar refractivity (Wildman–Crippen MR) is 116 cm³/mol. The van der Waals surface area contributed by atoms with Crippen molar-refractivity contribution in [2.45, 2.75) is 36.0 Å². The molecule has 0 radical (unpaired) electrons. The van der Waals surface area contributed by atoms with Crippen LogP contribution < -0.4 is 4.72 Å². The van der Waals surface area contributed by atoms with Crippen LogP contribution in [0.25, 0.3) is 0 Å². The van der Waals surface area contributed by atoms with Gasteiger partial charge in [-0.15, -0.1) is 0 Å². The zero-order valence-corrected chi connectivity index (χ0v) is 18.3. The van der Waals surface area contributed by atoms with Gasteiger partial charge < -0.3 is 5.11 Å². The molecule has 3 aromatic rings. The summed E-state index contributed by atoms with van der Waals surface area (Å²) in [5, 5.41) is 9.45. The van der Waals surface area contributed by atoms with Crippen molar-refractivity contribution in [2.24, 2.45) is 0 Å². The Morgan fingerprint density at radius 2 is 1.30 bits per heavy atom. The molecule has 0 saturated heterocycles. The number of aliphatic hydroxyl groups excluding tert-OH is 1. The summed E-state index contributed by atoms with van der Waals surface area (Å²) in [6, 6.07) is 17.3. The molecule has 8 heteroatoms. The number of hydrogen-bond donors (Lipinski definition) is 2. The monoisotopic (exact) mass is 445 g/mol. The molecule has 2 N–H and O–H groups in total. The molecule has 158 valence electrons. The largest absolute Gasteiger partial charge is 0.392 e. The first kappa shape index (κ1) is 22.0. The third-order valence-corrected chi connectivity index (χ3v) is 7.72. The fraction of sp³-hybridized carbons (Fsp3) is 0.182. The summed E-state index contributed by atoms with van der Waals surface area (Å²) in [6.45, 7) is 3.42. The number of aryl methyl sites for hydroxylation is 2. The molecule has 0 fully saturated rings. The maximum absolute atomic E-state index is 12.9. The van der Waals surface area contributed by atoms with E-state index in [2.05, 4.69) is 4.72 Å². The first-order valence-corrected chi connectivity index (χ1v) is 12.4. The lowest BCUT2D eigenvalue weighted by atomic mass is 10.1. The zero-order chi connectivity index (χ0) is 21.9. The molecule has 0 aliphatic carbocycles. The highest BCUT2D eigenvalue weighted by Crippen LogP contribution is 2.26. The van der Waals surface area contributed by atoms with Crippen LogP contribution in [0.4, 0.5) is 5.69 Å². The fourth-order valence-electron chi connectivity index (χ4n) is 2.92. The number of sulfonamides is 1. The second-order valence-electron chi connectivity index (χ2n) is 7.14. The number of anilines is 1. The Labute approximate surface area is 177 Å². The van der Waals surface area contributed by atoms with Crippen LogP contribution in [0.15, 0.2) is 76.5 Å². The van der Waals surface area contributed by atoms with E-state index >= 15 is 0 Å². The van der Waals surface area contributed by atoms with Gasteiger partial charge >= 0.3 is 0 Å². The highest BCUT2D eigenvalue weighted by atomic mass is 32.2. The van der Waals surface area contributed by atoms with E-state index in [0.717, 1.165) is 11.1 Å². The topological polar surface area (TPSA) is 101 Å². The highest BCUT2D eigenvalue weighted by molar-refractivity contribution is 7.92. The minimum Gasteiger partial charge on any atom is -0.392 e. The first-order valence-electron chi connectivity index (χ1n) is 9.22. The van der Waals surface area contributed by atoms with Crippen molar-refractivity contribution in [2.75, 3.05) is 4.72 Å². The average molecular weight is 446 g/mol. The Bertz CT molecular complexity index is 1250. The maximum atomic E-state index is 12.9. The van der Waals surface area contributed by atoms with Crippen molar-refractivity contribution < 1.29 is 21.9 Å². The van der Waals surface area contributed by atoms with Crippen molar-refractivity contribution in [3.63, 3.8) is 0 Å². The molecule has 0 aromatic heterocycles. The minimum atomic E-state index is -3.91. The Kier molecular flexibility index (Phi) is 6.30. The van der Waals surface area contributed by atoms with E-state index < -0.39 is 25.6 Å². The second-order valence-corrected chi connectivity index (χ2v) is 10.8. The van der Waals surface area contributed by atoms with E-state index in [-0.39, 0.29) is 27.6 Å². The fourth-order valence-corrected chi connectivity index (χ4v) is 5.39. The van der Waals surface area contributed by atoms with Crippen LogP contribution in [0, 0.1) is 13.8 Å². The molecule has 0 aliphatic rings. The summed E-state index contributed by atoms with van der Waals surface area (Å²) in [7, 11) is -7.63. The Balaban J connectivity index is 1.98. The van der Waals surface area contributed by atoms with Gasteiger partial charge in [-0.25, -0.2) is 16.8 Å². The van der Waals surface area contributed by atoms with Crippen molar-refractivity contribution in [3.05, 3.63) is 89.0 Å². The Morgan fingerprint density at radius 3 is 1.83 bits per heavy atom. The molecule has 0 amide bonds. The third kappa shape index (κ3) is 5.08.